The Morgan fingerprint density at radius 1 is 0.882 bits per heavy atom. The molecule has 0 bridgehead atoms. The molecule has 0 aliphatic rings. The Morgan fingerprint density at radius 3 is 2.12 bits per heavy atom. The van der Waals surface area contributed by atoms with Crippen molar-refractivity contribution >= 4 is 33.2 Å². The van der Waals surface area contributed by atoms with Crippen LogP contribution in [0, 0.1) is 18.7 Å². The van der Waals surface area contributed by atoms with Crippen LogP contribution in [0.15, 0.2) is 77.7 Å². The number of sulfonamides is 1. The van der Waals surface area contributed by atoms with Crippen molar-refractivity contribution in [1.29, 1.82) is 0 Å². The van der Waals surface area contributed by atoms with Gasteiger partial charge in [-0.05, 0) is 66.9 Å². The average molecular weight is 484 g/mol. The molecule has 0 saturated carbocycles. The van der Waals surface area contributed by atoms with Gasteiger partial charge in [0.1, 0.15) is 11.9 Å². The maximum atomic E-state index is 13.1. The summed E-state index contributed by atoms with van der Waals surface area (Å²) in [5.41, 5.74) is 1.36. The number of amides is 2. The molecule has 9 heteroatoms. The largest absolute Gasteiger partial charge is 0.340 e. The molecule has 0 fully saturated rings. The Kier molecular flexibility index (Phi) is 7.68. The summed E-state index contributed by atoms with van der Waals surface area (Å²) in [4.78, 5) is 25.5. The fraction of sp³-hybridized carbons (Fsp3) is 0.200. The van der Waals surface area contributed by atoms with Crippen molar-refractivity contribution in [2.24, 2.45) is 5.92 Å². The van der Waals surface area contributed by atoms with Crippen molar-refractivity contribution in [3.63, 3.8) is 0 Å². The molecule has 3 aromatic rings. The molecule has 0 saturated heterocycles. The molecule has 1 atom stereocenters. The van der Waals surface area contributed by atoms with Gasteiger partial charge in [-0.2, -0.15) is 0 Å². The summed E-state index contributed by atoms with van der Waals surface area (Å²) in [6, 6.07) is 17.1. The van der Waals surface area contributed by atoms with E-state index in [4.69, 9.17) is 0 Å². The number of aryl methyl sites for hydroxylation is 1. The normalized spacial score (nSPS) is 12.1. The van der Waals surface area contributed by atoms with Crippen LogP contribution >= 0.6 is 0 Å². The Hall–Kier alpha value is -3.72. The van der Waals surface area contributed by atoms with Gasteiger partial charge in [0, 0.05) is 16.9 Å². The van der Waals surface area contributed by atoms with E-state index in [-0.39, 0.29) is 28.1 Å². The van der Waals surface area contributed by atoms with E-state index in [1.54, 1.807) is 63.2 Å². The lowest BCUT2D eigenvalue weighted by Gasteiger charge is -2.22. The summed E-state index contributed by atoms with van der Waals surface area (Å²) in [5, 5.41) is 5.43. The highest BCUT2D eigenvalue weighted by molar-refractivity contribution is 7.92. The van der Waals surface area contributed by atoms with E-state index in [1.807, 2.05) is 0 Å². The first kappa shape index (κ1) is 24.9. The number of anilines is 2. The van der Waals surface area contributed by atoms with Crippen molar-refractivity contribution in [1.82, 2.24) is 5.32 Å². The number of hydrogen-bond donors (Lipinski definition) is 3. The predicted octanol–water partition coefficient (Wildman–Crippen LogP) is 4.33. The first-order chi connectivity index (χ1) is 16.1. The Morgan fingerprint density at radius 2 is 1.50 bits per heavy atom. The molecular weight excluding hydrogens is 457 g/mol. The standard InChI is InChI=1S/C25H26FN3O4S/c1-16(2)23(28-24(30)18-7-5-4-6-8-18)25(31)27-21-12-9-17(3)22(15-21)34(32,33)29-20-13-10-19(26)11-14-20/h4-16,23,29H,1-3H3,(H,27,31)(H,28,30). The summed E-state index contributed by atoms with van der Waals surface area (Å²) in [6.07, 6.45) is 0. The van der Waals surface area contributed by atoms with Crippen LogP contribution in [0.2, 0.25) is 0 Å². The van der Waals surface area contributed by atoms with E-state index in [9.17, 15) is 22.4 Å². The van der Waals surface area contributed by atoms with Crippen LogP contribution in [-0.2, 0) is 14.8 Å². The fourth-order valence-corrected chi connectivity index (χ4v) is 4.59. The molecule has 2 amide bonds. The van der Waals surface area contributed by atoms with Crippen LogP contribution in [0.3, 0.4) is 0 Å². The van der Waals surface area contributed by atoms with Gasteiger partial charge in [0.15, 0.2) is 0 Å². The van der Waals surface area contributed by atoms with Crippen molar-refractivity contribution in [3.8, 4) is 0 Å². The van der Waals surface area contributed by atoms with E-state index < -0.39 is 27.8 Å². The van der Waals surface area contributed by atoms with Crippen molar-refractivity contribution in [3.05, 3.63) is 89.7 Å². The monoisotopic (exact) mass is 483 g/mol. The third-order valence-electron chi connectivity index (χ3n) is 5.11. The van der Waals surface area contributed by atoms with Gasteiger partial charge in [0.25, 0.3) is 15.9 Å². The zero-order valence-corrected chi connectivity index (χ0v) is 19.8. The molecule has 3 rings (SSSR count). The van der Waals surface area contributed by atoms with Crippen LogP contribution in [0.1, 0.15) is 29.8 Å². The summed E-state index contributed by atoms with van der Waals surface area (Å²) in [6.45, 7) is 5.22. The summed E-state index contributed by atoms with van der Waals surface area (Å²) < 4.78 is 41.4. The second-order valence-corrected chi connectivity index (χ2v) is 9.79. The van der Waals surface area contributed by atoms with Crippen molar-refractivity contribution < 1.29 is 22.4 Å². The van der Waals surface area contributed by atoms with Crippen LogP contribution in [0.4, 0.5) is 15.8 Å². The maximum Gasteiger partial charge on any atom is 0.262 e. The minimum absolute atomic E-state index is 0.0379. The first-order valence-corrected chi connectivity index (χ1v) is 12.1. The average Bonchev–Trinajstić information content (AvgIpc) is 2.80. The topological polar surface area (TPSA) is 104 Å². The third-order valence-corrected chi connectivity index (χ3v) is 6.64. The van der Waals surface area contributed by atoms with Gasteiger partial charge in [-0.15, -0.1) is 0 Å². The minimum atomic E-state index is -4.00. The van der Waals surface area contributed by atoms with Gasteiger partial charge in [-0.1, -0.05) is 38.1 Å². The molecule has 3 aromatic carbocycles. The minimum Gasteiger partial charge on any atom is -0.340 e. The molecule has 0 spiro atoms. The lowest BCUT2D eigenvalue weighted by atomic mass is 10.0. The highest BCUT2D eigenvalue weighted by Gasteiger charge is 2.25. The van der Waals surface area contributed by atoms with Crippen LogP contribution < -0.4 is 15.4 Å². The molecular formula is C25H26FN3O4S. The number of nitrogens with one attached hydrogen (secondary N) is 3. The highest BCUT2D eigenvalue weighted by Crippen LogP contribution is 2.23. The Balaban J connectivity index is 1.79. The second kappa shape index (κ2) is 10.5. The molecule has 1 unspecified atom stereocenters. The fourth-order valence-electron chi connectivity index (χ4n) is 3.26. The van der Waals surface area contributed by atoms with E-state index in [0.717, 1.165) is 12.1 Å². The van der Waals surface area contributed by atoms with E-state index in [1.165, 1.54) is 18.2 Å². The molecule has 7 nitrogen and oxygen atoms in total. The number of carbonyl (C=O) groups excluding carboxylic acids is 2. The van der Waals surface area contributed by atoms with Gasteiger partial charge in [0.05, 0.1) is 4.90 Å². The first-order valence-electron chi connectivity index (χ1n) is 10.6. The Labute approximate surface area is 198 Å². The van der Waals surface area contributed by atoms with Crippen molar-refractivity contribution in [2.45, 2.75) is 31.7 Å². The summed E-state index contributed by atoms with van der Waals surface area (Å²) in [7, 11) is -4.00. The molecule has 0 aromatic heterocycles. The second-order valence-electron chi connectivity index (χ2n) is 8.14. The van der Waals surface area contributed by atoms with Gasteiger partial charge in [-0.25, -0.2) is 12.8 Å². The van der Waals surface area contributed by atoms with Crippen LogP contribution in [0.25, 0.3) is 0 Å². The highest BCUT2D eigenvalue weighted by atomic mass is 32.2. The van der Waals surface area contributed by atoms with Gasteiger partial charge < -0.3 is 10.6 Å². The van der Waals surface area contributed by atoms with E-state index >= 15 is 0 Å². The maximum absolute atomic E-state index is 13.1. The lowest BCUT2D eigenvalue weighted by molar-refractivity contribution is -0.118. The third kappa shape index (κ3) is 6.20. The summed E-state index contributed by atoms with van der Waals surface area (Å²) >= 11 is 0. The van der Waals surface area contributed by atoms with Crippen LogP contribution in [0.5, 0.6) is 0 Å². The molecule has 178 valence electrons. The van der Waals surface area contributed by atoms with Gasteiger partial charge in [-0.3, -0.25) is 14.3 Å². The predicted molar refractivity (Wildman–Crippen MR) is 130 cm³/mol. The molecule has 0 heterocycles. The van der Waals surface area contributed by atoms with Crippen LogP contribution in [-0.4, -0.2) is 26.3 Å². The zero-order chi connectivity index (χ0) is 24.9. The number of rotatable bonds is 8. The summed E-state index contributed by atoms with van der Waals surface area (Å²) in [5.74, 6) is -1.56. The molecule has 3 N–H and O–H groups in total. The molecule has 34 heavy (non-hydrogen) atoms. The molecule has 0 aliphatic heterocycles. The molecule has 0 aliphatic carbocycles. The zero-order valence-electron chi connectivity index (χ0n) is 19.0. The SMILES string of the molecule is Cc1ccc(NC(=O)C(NC(=O)c2ccccc2)C(C)C)cc1S(=O)(=O)Nc1ccc(F)cc1. The number of halogens is 1. The quantitative estimate of drug-likeness (QED) is 0.444. The van der Waals surface area contributed by atoms with Gasteiger partial charge >= 0.3 is 0 Å². The van der Waals surface area contributed by atoms with E-state index in [0.29, 0.717) is 11.1 Å². The van der Waals surface area contributed by atoms with Gasteiger partial charge in [0.2, 0.25) is 5.91 Å². The smallest absolute Gasteiger partial charge is 0.262 e. The Bertz CT molecular complexity index is 1280. The lowest BCUT2D eigenvalue weighted by Crippen LogP contribution is -2.47. The van der Waals surface area contributed by atoms with E-state index in [2.05, 4.69) is 15.4 Å². The number of carbonyl (C=O) groups is 2. The van der Waals surface area contributed by atoms with Crippen molar-refractivity contribution in [2.75, 3.05) is 10.0 Å². The number of benzene rings is 3. The number of hydrogen-bond acceptors (Lipinski definition) is 4. The molecule has 0 radical (unpaired) electrons.